The van der Waals surface area contributed by atoms with Crippen LogP contribution in [-0.2, 0) is 11.3 Å². The van der Waals surface area contributed by atoms with Gasteiger partial charge >= 0.3 is 0 Å². The number of ether oxygens (including phenoxy) is 1. The minimum Gasteiger partial charge on any atom is -0.373 e. The quantitative estimate of drug-likeness (QED) is 0.552. The Hall–Kier alpha value is -2.77. The largest absolute Gasteiger partial charge is 0.373 e. The molecule has 6 nitrogen and oxygen atoms in total. The van der Waals surface area contributed by atoms with Crippen LogP contribution in [0.15, 0.2) is 42.5 Å². The fourth-order valence-electron chi connectivity index (χ4n) is 3.10. The zero-order valence-electron chi connectivity index (χ0n) is 15.1. The summed E-state index contributed by atoms with van der Waals surface area (Å²) in [5, 5.41) is 7.25. The van der Waals surface area contributed by atoms with Gasteiger partial charge in [-0.25, -0.2) is 14.8 Å². The molecule has 2 aromatic carbocycles. The number of rotatable bonds is 7. The van der Waals surface area contributed by atoms with E-state index in [1.54, 1.807) is 12.1 Å². The number of anilines is 1. The first-order chi connectivity index (χ1) is 13.2. The number of aromatic nitrogens is 3. The van der Waals surface area contributed by atoms with Gasteiger partial charge in [-0.3, -0.25) is 5.10 Å². The van der Waals surface area contributed by atoms with Gasteiger partial charge < -0.3 is 10.2 Å². The maximum atomic E-state index is 13.2. The van der Waals surface area contributed by atoms with E-state index in [4.69, 9.17) is 4.74 Å². The van der Waals surface area contributed by atoms with Crippen LogP contribution in [0.3, 0.4) is 0 Å². The maximum Gasteiger partial charge on any atom is 0.181 e. The van der Waals surface area contributed by atoms with Crippen molar-refractivity contribution >= 4 is 5.69 Å². The SMILES string of the molecule is CCCCOCc1nc(-c2ccc3c(c2)C(c2ccc(F)cc2)NN3)n[nH]1. The standard InChI is InChI=1S/C20H22FN5O/c1-2-3-10-27-12-18-22-20(26-24-18)14-6-9-17-16(11-14)19(25-23-17)13-4-7-15(21)8-5-13/h4-9,11,19,23,25H,2-3,10,12H2,1H3,(H,22,24,26). The van der Waals surface area contributed by atoms with Gasteiger partial charge in [-0.2, -0.15) is 5.10 Å². The lowest BCUT2D eigenvalue weighted by Gasteiger charge is -2.11. The first-order valence-electron chi connectivity index (χ1n) is 9.15. The Labute approximate surface area is 157 Å². The lowest BCUT2D eigenvalue weighted by Crippen LogP contribution is -2.19. The van der Waals surface area contributed by atoms with Crippen LogP contribution in [-0.4, -0.2) is 21.8 Å². The number of H-pyrrole nitrogens is 1. The highest BCUT2D eigenvalue weighted by Crippen LogP contribution is 2.35. The smallest absolute Gasteiger partial charge is 0.181 e. The predicted molar refractivity (Wildman–Crippen MR) is 101 cm³/mol. The molecule has 3 N–H and O–H groups in total. The molecule has 1 aliphatic rings. The van der Waals surface area contributed by atoms with Gasteiger partial charge in [0.1, 0.15) is 12.4 Å². The van der Waals surface area contributed by atoms with Crippen LogP contribution in [0.1, 0.15) is 42.8 Å². The Morgan fingerprint density at radius 2 is 2.00 bits per heavy atom. The molecule has 1 aliphatic heterocycles. The molecule has 1 aromatic heterocycles. The number of nitrogens with one attached hydrogen (secondary N) is 3. The number of benzene rings is 2. The van der Waals surface area contributed by atoms with Crippen LogP contribution in [0.5, 0.6) is 0 Å². The van der Waals surface area contributed by atoms with Crippen molar-refractivity contribution in [2.75, 3.05) is 12.0 Å². The zero-order chi connectivity index (χ0) is 18.6. The second-order valence-corrected chi connectivity index (χ2v) is 6.57. The minimum absolute atomic E-state index is 0.0589. The van der Waals surface area contributed by atoms with E-state index in [1.807, 2.05) is 12.1 Å². The van der Waals surface area contributed by atoms with E-state index in [2.05, 4.69) is 39.0 Å². The van der Waals surface area contributed by atoms with E-state index in [0.29, 0.717) is 18.3 Å². The van der Waals surface area contributed by atoms with Crippen LogP contribution >= 0.6 is 0 Å². The molecule has 0 saturated carbocycles. The average Bonchev–Trinajstić information content (AvgIpc) is 3.32. The summed E-state index contributed by atoms with van der Waals surface area (Å²) in [4.78, 5) is 4.53. The van der Waals surface area contributed by atoms with Gasteiger partial charge in [0.2, 0.25) is 0 Å². The summed E-state index contributed by atoms with van der Waals surface area (Å²) < 4.78 is 18.8. The molecule has 0 spiro atoms. The van der Waals surface area contributed by atoms with E-state index in [-0.39, 0.29) is 11.9 Å². The summed E-state index contributed by atoms with van der Waals surface area (Å²) in [6.07, 6.45) is 2.14. The number of nitrogens with zero attached hydrogens (tertiary/aromatic N) is 2. The van der Waals surface area contributed by atoms with Crippen molar-refractivity contribution in [1.82, 2.24) is 20.6 Å². The molecule has 0 fully saturated rings. The number of hydrazine groups is 1. The first-order valence-corrected chi connectivity index (χ1v) is 9.15. The van der Waals surface area contributed by atoms with Crippen LogP contribution in [0, 0.1) is 5.82 Å². The second kappa shape index (κ2) is 7.85. The predicted octanol–water partition coefficient (Wildman–Crippen LogP) is 3.95. The van der Waals surface area contributed by atoms with Crippen molar-refractivity contribution in [3.8, 4) is 11.4 Å². The number of hydrogen-bond acceptors (Lipinski definition) is 5. The van der Waals surface area contributed by atoms with Gasteiger partial charge in [0.15, 0.2) is 11.6 Å². The topological polar surface area (TPSA) is 74.9 Å². The Morgan fingerprint density at radius 1 is 1.15 bits per heavy atom. The molecule has 0 radical (unpaired) electrons. The average molecular weight is 367 g/mol. The number of unbranched alkanes of at least 4 members (excludes halogenated alkanes) is 1. The molecule has 27 heavy (non-hydrogen) atoms. The van der Waals surface area contributed by atoms with Crippen molar-refractivity contribution in [3.63, 3.8) is 0 Å². The van der Waals surface area contributed by atoms with E-state index < -0.39 is 0 Å². The fraction of sp³-hybridized carbons (Fsp3) is 0.300. The third-order valence-electron chi connectivity index (χ3n) is 4.59. The third-order valence-corrected chi connectivity index (χ3v) is 4.59. The molecule has 3 aromatic rings. The molecule has 0 amide bonds. The molecule has 1 unspecified atom stereocenters. The van der Waals surface area contributed by atoms with Crippen LogP contribution in [0.2, 0.25) is 0 Å². The van der Waals surface area contributed by atoms with E-state index in [9.17, 15) is 4.39 Å². The van der Waals surface area contributed by atoms with Gasteiger partial charge in [0.25, 0.3) is 0 Å². The molecule has 140 valence electrons. The van der Waals surface area contributed by atoms with Gasteiger partial charge in [0.05, 0.1) is 11.7 Å². The number of hydrogen-bond donors (Lipinski definition) is 3. The summed E-state index contributed by atoms with van der Waals surface area (Å²) in [5.41, 5.74) is 10.4. The highest BCUT2D eigenvalue weighted by molar-refractivity contribution is 5.67. The Balaban J connectivity index is 1.53. The molecule has 1 atom stereocenters. The summed E-state index contributed by atoms with van der Waals surface area (Å²) >= 11 is 0. The molecule has 0 saturated heterocycles. The van der Waals surface area contributed by atoms with Crippen molar-refractivity contribution in [2.24, 2.45) is 0 Å². The van der Waals surface area contributed by atoms with E-state index >= 15 is 0 Å². The van der Waals surface area contributed by atoms with E-state index in [1.165, 1.54) is 12.1 Å². The van der Waals surface area contributed by atoms with Crippen LogP contribution in [0.25, 0.3) is 11.4 Å². The van der Waals surface area contributed by atoms with Crippen molar-refractivity contribution in [3.05, 3.63) is 65.2 Å². The summed E-state index contributed by atoms with van der Waals surface area (Å²) in [6.45, 7) is 3.29. The van der Waals surface area contributed by atoms with Crippen LogP contribution in [0.4, 0.5) is 10.1 Å². The van der Waals surface area contributed by atoms with Crippen molar-refractivity contribution in [1.29, 1.82) is 0 Å². The lowest BCUT2D eigenvalue weighted by molar-refractivity contribution is 0.113. The molecule has 7 heteroatoms. The molecule has 4 rings (SSSR count). The Bertz CT molecular complexity index is 909. The van der Waals surface area contributed by atoms with Gasteiger partial charge in [-0.15, -0.1) is 0 Å². The fourth-order valence-corrected chi connectivity index (χ4v) is 3.10. The highest BCUT2D eigenvalue weighted by atomic mass is 19.1. The number of halogens is 1. The Morgan fingerprint density at radius 3 is 2.81 bits per heavy atom. The molecular weight excluding hydrogens is 345 g/mol. The van der Waals surface area contributed by atoms with Crippen LogP contribution < -0.4 is 10.9 Å². The van der Waals surface area contributed by atoms with Gasteiger partial charge in [-0.1, -0.05) is 25.5 Å². The summed E-state index contributed by atoms with van der Waals surface area (Å²) in [6, 6.07) is 12.5. The monoisotopic (exact) mass is 367 g/mol. The van der Waals surface area contributed by atoms with E-state index in [0.717, 1.165) is 41.8 Å². The lowest BCUT2D eigenvalue weighted by atomic mass is 9.97. The first kappa shape index (κ1) is 17.6. The summed E-state index contributed by atoms with van der Waals surface area (Å²) in [7, 11) is 0. The zero-order valence-corrected chi connectivity index (χ0v) is 15.1. The summed E-state index contributed by atoms with van der Waals surface area (Å²) in [5.74, 6) is 1.11. The minimum atomic E-state index is -0.243. The molecule has 0 aliphatic carbocycles. The molecular formula is C20H22FN5O. The Kier molecular flexibility index (Phi) is 5.13. The maximum absolute atomic E-state index is 13.2. The highest BCUT2D eigenvalue weighted by Gasteiger charge is 2.24. The van der Waals surface area contributed by atoms with Gasteiger partial charge in [-0.05, 0) is 42.3 Å². The van der Waals surface area contributed by atoms with Gasteiger partial charge in [0, 0.05) is 17.7 Å². The molecule has 2 heterocycles. The second-order valence-electron chi connectivity index (χ2n) is 6.57. The number of aromatic amines is 1. The van der Waals surface area contributed by atoms with Crippen molar-refractivity contribution in [2.45, 2.75) is 32.4 Å². The normalized spacial score (nSPS) is 15.6. The van der Waals surface area contributed by atoms with Crippen molar-refractivity contribution < 1.29 is 9.13 Å². The number of fused-ring (bicyclic) bond motifs is 1. The molecule has 0 bridgehead atoms. The third kappa shape index (κ3) is 3.84.